The summed E-state index contributed by atoms with van der Waals surface area (Å²) in [4.78, 5) is 6.97. The van der Waals surface area contributed by atoms with Gasteiger partial charge in [0.1, 0.15) is 5.82 Å². The SMILES string of the molecule is CCNC(=NCC1(O)CCSC1)NC1CCCN(c2ccc(F)cc2C)C1.I. The summed E-state index contributed by atoms with van der Waals surface area (Å²) < 4.78 is 13.4. The number of guanidine groups is 1. The summed E-state index contributed by atoms with van der Waals surface area (Å²) in [6, 6.07) is 5.27. The second-order valence-electron chi connectivity index (χ2n) is 7.58. The highest BCUT2D eigenvalue weighted by atomic mass is 127. The normalized spacial score (nSPS) is 25.4. The van der Waals surface area contributed by atoms with E-state index >= 15 is 0 Å². The van der Waals surface area contributed by atoms with Gasteiger partial charge in [0.05, 0.1) is 12.1 Å². The second kappa shape index (κ2) is 10.9. The van der Waals surface area contributed by atoms with Gasteiger partial charge < -0.3 is 20.6 Å². The van der Waals surface area contributed by atoms with Crippen LogP contribution in [-0.2, 0) is 0 Å². The fourth-order valence-electron chi connectivity index (χ4n) is 3.75. The molecule has 2 unspecified atom stereocenters. The number of nitrogens with zero attached hydrogens (tertiary/aromatic N) is 2. The smallest absolute Gasteiger partial charge is 0.191 e. The van der Waals surface area contributed by atoms with Gasteiger partial charge in [-0.25, -0.2) is 4.39 Å². The van der Waals surface area contributed by atoms with Crippen molar-refractivity contribution in [1.82, 2.24) is 10.6 Å². The van der Waals surface area contributed by atoms with Crippen molar-refractivity contribution >= 4 is 47.4 Å². The molecule has 28 heavy (non-hydrogen) atoms. The number of benzene rings is 1. The Morgan fingerprint density at radius 3 is 2.96 bits per heavy atom. The number of hydrogen-bond donors (Lipinski definition) is 3. The average molecular weight is 522 g/mol. The Balaban J connectivity index is 0.00000280. The van der Waals surface area contributed by atoms with E-state index in [1.807, 2.05) is 19.9 Å². The lowest BCUT2D eigenvalue weighted by Gasteiger charge is -2.36. The molecule has 0 bridgehead atoms. The van der Waals surface area contributed by atoms with Crippen molar-refractivity contribution in [2.24, 2.45) is 4.99 Å². The Kier molecular flexibility index (Phi) is 9.14. The minimum atomic E-state index is -0.670. The predicted octanol–water partition coefficient (Wildman–Crippen LogP) is 3.14. The van der Waals surface area contributed by atoms with Crippen molar-refractivity contribution < 1.29 is 9.50 Å². The maximum Gasteiger partial charge on any atom is 0.191 e. The molecule has 0 saturated carbocycles. The molecule has 3 N–H and O–H groups in total. The molecule has 1 aromatic carbocycles. The lowest BCUT2D eigenvalue weighted by atomic mass is 10.0. The Morgan fingerprint density at radius 2 is 2.29 bits per heavy atom. The largest absolute Gasteiger partial charge is 0.387 e. The van der Waals surface area contributed by atoms with Crippen LogP contribution in [0.2, 0.25) is 0 Å². The molecule has 2 atom stereocenters. The number of aliphatic imine (C=N–C) groups is 1. The van der Waals surface area contributed by atoms with Gasteiger partial charge in [-0.1, -0.05) is 0 Å². The Bertz CT molecular complexity index is 670. The number of nitrogens with one attached hydrogen (secondary N) is 2. The van der Waals surface area contributed by atoms with E-state index < -0.39 is 5.60 Å². The van der Waals surface area contributed by atoms with Gasteiger partial charge in [0.2, 0.25) is 0 Å². The summed E-state index contributed by atoms with van der Waals surface area (Å²) in [6.45, 7) is 7.06. The van der Waals surface area contributed by atoms with Gasteiger partial charge in [-0.15, -0.1) is 24.0 Å². The first kappa shape index (κ1) is 23.5. The van der Waals surface area contributed by atoms with E-state index in [9.17, 15) is 9.50 Å². The number of halogens is 2. The third-order valence-corrected chi connectivity index (χ3v) is 6.45. The summed E-state index contributed by atoms with van der Waals surface area (Å²) >= 11 is 1.79. The van der Waals surface area contributed by atoms with Gasteiger partial charge in [-0.3, -0.25) is 4.99 Å². The van der Waals surface area contributed by atoms with Crippen LogP contribution in [-0.4, -0.2) is 60.4 Å². The summed E-state index contributed by atoms with van der Waals surface area (Å²) in [5.74, 6) is 2.35. The van der Waals surface area contributed by atoms with Crippen molar-refractivity contribution in [2.45, 2.75) is 44.8 Å². The van der Waals surface area contributed by atoms with Crippen LogP contribution >= 0.6 is 35.7 Å². The molecule has 2 fully saturated rings. The number of aliphatic hydroxyl groups is 1. The highest BCUT2D eigenvalue weighted by molar-refractivity contribution is 14.0. The minimum absolute atomic E-state index is 0. The third-order valence-electron chi connectivity index (χ3n) is 5.22. The molecular weight excluding hydrogens is 490 g/mol. The molecule has 8 heteroatoms. The molecule has 0 aromatic heterocycles. The van der Waals surface area contributed by atoms with E-state index in [1.54, 1.807) is 17.8 Å². The molecule has 2 saturated heterocycles. The van der Waals surface area contributed by atoms with Crippen molar-refractivity contribution in [3.8, 4) is 0 Å². The molecule has 5 nitrogen and oxygen atoms in total. The first-order valence-corrected chi connectivity index (χ1v) is 11.0. The molecule has 2 aliphatic heterocycles. The predicted molar refractivity (Wildman–Crippen MR) is 128 cm³/mol. The highest BCUT2D eigenvalue weighted by Crippen LogP contribution is 2.28. The third kappa shape index (κ3) is 6.38. The quantitative estimate of drug-likeness (QED) is 0.315. The first-order chi connectivity index (χ1) is 13.0. The van der Waals surface area contributed by atoms with Crippen molar-refractivity contribution in [3.05, 3.63) is 29.6 Å². The zero-order valence-electron chi connectivity index (χ0n) is 16.7. The maximum absolute atomic E-state index is 13.4. The van der Waals surface area contributed by atoms with Crippen LogP contribution in [0.4, 0.5) is 10.1 Å². The van der Waals surface area contributed by atoms with E-state index in [0.717, 1.165) is 67.6 Å². The minimum Gasteiger partial charge on any atom is -0.387 e. The lowest BCUT2D eigenvalue weighted by molar-refractivity contribution is 0.0778. The van der Waals surface area contributed by atoms with Crippen LogP contribution in [0.5, 0.6) is 0 Å². The topological polar surface area (TPSA) is 59.9 Å². The second-order valence-corrected chi connectivity index (χ2v) is 8.69. The van der Waals surface area contributed by atoms with Gasteiger partial charge in [-0.05, 0) is 62.6 Å². The van der Waals surface area contributed by atoms with E-state index in [0.29, 0.717) is 6.54 Å². The van der Waals surface area contributed by atoms with Crippen LogP contribution in [0, 0.1) is 12.7 Å². The number of rotatable bonds is 5. The molecule has 0 spiro atoms. The molecule has 3 rings (SSSR count). The number of thioether (sulfide) groups is 1. The number of anilines is 1. The molecule has 0 amide bonds. The van der Waals surface area contributed by atoms with Gasteiger partial charge in [-0.2, -0.15) is 11.8 Å². The van der Waals surface area contributed by atoms with E-state index in [1.165, 1.54) is 6.07 Å². The molecule has 158 valence electrons. The van der Waals surface area contributed by atoms with Crippen LogP contribution in [0.25, 0.3) is 0 Å². The molecule has 0 aliphatic carbocycles. The van der Waals surface area contributed by atoms with Gasteiger partial charge in [0.25, 0.3) is 0 Å². The summed E-state index contributed by atoms with van der Waals surface area (Å²) in [6.07, 6.45) is 2.96. The van der Waals surface area contributed by atoms with E-state index in [2.05, 4.69) is 20.5 Å². The molecular formula is C20H32FIN4OS. The molecule has 2 heterocycles. The average Bonchev–Trinajstić information content (AvgIpc) is 3.07. The number of piperidine rings is 1. The standard InChI is InChI=1S/C20H31FN4OS.HI/c1-3-22-19(23-13-20(26)8-10-27-14-20)24-17-5-4-9-25(12-17)18-7-6-16(21)11-15(18)2;/h6-7,11,17,26H,3-5,8-10,12-14H2,1-2H3,(H2,22,23,24);1H. The number of aryl methyl sites for hydroxylation is 1. The highest BCUT2D eigenvalue weighted by Gasteiger charge is 2.31. The molecule has 0 radical (unpaired) electrons. The van der Waals surface area contributed by atoms with Crippen LogP contribution < -0.4 is 15.5 Å². The van der Waals surface area contributed by atoms with Crippen molar-refractivity contribution in [2.75, 3.05) is 42.6 Å². The molecule has 2 aliphatic rings. The fraction of sp³-hybridized carbons (Fsp3) is 0.650. The lowest BCUT2D eigenvalue weighted by Crippen LogP contribution is -2.51. The van der Waals surface area contributed by atoms with Crippen LogP contribution in [0.3, 0.4) is 0 Å². The first-order valence-electron chi connectivity index (χ1n) is 9.85. The summed E-state index contributed by atoms with van der Waals surface area (Å²) in [5.41, 5.74) is 1.40. The zero-order valence-corrected chi connectivity index (χ0v) is 19.9. The fourth-order valence-corrected chi connectivity index (χ4v) is 5.03. The Morgan fingerprint density at radius 1 is 1.46 bits per heavy atom. The molecule has 1 aromatic rings. The zero-order chi connectivity index (χ0) is 19.3. The van der Waals surface area contributed by atoms with Crippen LogP contribution in [0.1, 0.15) is 31.7 Å². The van der Waals surface area contributed by atoms with Crippen molar-refractivity contribution in [3.63, 3.8) is 0 Å². The Labute approximate surface area is 189 Å². The summed E-state index contributed by atoms with van der Waals surface area (Å²) in [5, 5.41) is 17.4. The monoisotopic (exact) mass is 522 g/mol. The Hall–Kier alpha value is -0.740. The van der Waals surface area contributed by atoms with Crippen LogP contribution in [0.15, 0.2) is 23.2 Å². The van der Waals surface area contributed by atoms with Gasteiger partial charge in [0.15, 0.2) is 5.96 Å². The van der Waals surface area contributed by atoms with E-state index in [-0.39, 0.29) is 35.8 Å². The van der Waals surface area contributed by atoms with Crippen molar-refractivity contribution in [1.29, 1.82) is 0 Å². The van der Waals surface area contributed by atoms with E-state index in [4.69, 9.17) is 0 Å². The summed E-state index contributed by atoms with van der Waals surface area (Å²) in [7, 11) is 0. The van der Waals surface area contributed by atoms with Gasteiger partial charge in [0, 0.05) is 37.1 Å². The van der Waals surface area contributed by atoms with Gasteiger partial charge >= 0.3 is 0 Å². The number of hydrogen-bond acceptors (Lipinski definition) is 4. The maximum atomic E-state index is 13.4.